The Bertz CT molecular complexity index is 617. The van der Waals surface area contributed by atoms with Gasteiger partial charge in [0.15, 0.2) is 0 Å². The van der Waals surface area contributed by atoms with Crippen LogP contribution in [0, 0.1) is 17.0 Å². The highest BCUT2D eigenvalue weighted by Crippen LogP contribution is 2.30. The smallest absolute Gasteiger partial charge is 0.329 e. The molecule has 0 radical (unpaired) electrons. The molecule has 0 amide bonds. The van der Waals surface area contributed by atoms with Crippen LogP contribution in [0.4, 0.5) is 11.5 Å². The van der Waals surface area contributed by atoms with E-state index in [0.29, 0.717) is 6.54 Å². The fourth-order valence-corrected chi connectivity index (χ4v) is 1.96. The van der Waals surface area contributed by atoms with Crippen LogP contribution in [0.25, 0.3) is 0 Å². The summed E-state index contributed by atoms with van der Waals surface area (Å²) in [5.74, 6) is 0.180. The van der Waals surface area contributed by atoms with Crippen LogP contribution in [0.5, 0.6) is 0 Å². The Morgan fingerprint density at radius 3 is 2.89 bits per heavy atom. The van der Waals surface area contributed by atoms with Crippen molar-refractivity contribution >= 4 is 23.1 Å². The fraction of sp³-hybridized carbons (Fsp3) is 0.154. The minimum absolute atomic E-state index is 0.0757. The molecule has 0 saturated heterocycles. The third-order valence-electron chi connectivity index (χ3n) is 2.60. The first-order valence-corrected chi connectivity index (χ1v) is 6.04. The average molecular weight is 278 g/mol. The highest BCUT2D eigenvalue weighted by Gasteiger charge is 2.19. The second-order valence-electron chi connectivity index (χ2n) is 4.09. The van der Waals surface area contributed by atoms with Crippen LogP contribution in [0.2, 0.25) is 5.02 Å². The number of nitrogens with one attached hydrogen (secondary N) is 1. The Morgan fingerprint density at radius 1 is 1.42 bits per heavy atom. The first-order valence-electron chi connectivity index (χ1n) is 5.66. The van der Waals surface area contributed by atoms with Crippen molar-refractivity contribution in [3.05, 3.63) is 62.8 Å². The largest absolute Gasteiger partial charge is 0.360 e. The van der Waals surface area contributed by atoms with Gasteiger partial charge in [-0.3, -0.25) is 10.1 Å². The lowest BCUT2D eigenvalue weighted by molar-refractivity contribution is -0.384. The molecule has 1 aromatic carbocycles. The summed E-state index contributed by atoms with van der Waals surface area (Å²) in [5.41, 5.74) is 1.96. The number of hydrogen-bond donors (Lipinski definition) is 1. The molecule has 2 rings (SSSR count). The predicted molar refractivity (Wildman–Crippen MR) is 74.4 cm³/mol. The van der Waals surface area contributed by atoms with Crippen molar-refractivity contribution in [3.8, 4) is 0 Å². The van der Waals surface area contributed by atoms with Crippen molar-refractivity contribution in [2.45, 2.75) is 13.5 Å². The Hall–Kier alpha value is -2.14. The summed E-state index contributed by atoms with van der Waals surface area (Å²) >= 11 is 5.81. The van der Waals surface area contributed by atoms with Gasteiger partial charge in [0.05, 0.1) is 4.92 Å². The van der Waals surface area contributed by atoms with Gasteiger partial charge in [0.2, 0.25) is 5.82 Å². The van der Waals surface area contributed by atoms with Gasteiger partial charge in [-0.25, -0.2) is 4.98 Å². The van der Waals surface area contributed by atoms with Crippen LogP contribution in [0.15, 0.2) is 36.5 Å². The van der Waals surface area contributed by atoms with Gasteiger partial charge in [0.25, 0.3) is 0 Å². The molecule has 0 saturated carbocycles. The highest BCUT2D eigenvalue weighted by atomic mass is 35.5. The number of halogens is 1. The standard InChI is InChI=1S/C13H12ClN3O2/c1-9-3-2-4-10(7-9)8-16-13-12(17(18)19)11(14)5-6-15-13/h2-7H,8H2,1H3,(H,15,16). The van der Waals surface area contributed by atoms with Crippen LogP contribution in [-0.2, 0) is 6.54 Å². The molecule has 5 nitrogen and oxygen atoms in total. The van der Waals surface area contributed by atoms with Gasteiger partial charge in [0, 0.05) is 12.7 Å². The summed E-state index contributed by atoms with van der Waals surface area (Å²) in [7, 11) is 0. The van der Waals surface area contributed by atoms with Crippen LogP contribution >= 0.6 is 11.6 Å². The quantitative estimate of drug-likeness (QED) is 0.685. The van der Waals surface area contributed by atoms with Crippen molar-refractivity contribution < 1.29 is 4.92 Å². The van der Waals surface area contributed by atoms with E-state index in [1.807, 2.05) is 31.2 Å². The molecule has 0 aliphatic carbocycles. The molecule has 0 aliphatic heterocycles. The average Bonchev–Trinajstić information content (AvgIpc) is 2.36. The normalized spacial score (nSPS) is 10.2. The topological polar surface area (TPSA) is 68.1 Å². The second-order valence-corrected chi connectivity index (χ2v) is 4.50. The first-order chi connectivity index (χ1) is 9.08. The van der Waals surface area contributed by atoms with Crippen molar-refractivity contribution in [1.82, 2.24) is 4.98 Å². The van der Waals surface area contributed by atoms with Gasteiger partial charge in [-0.15, -0.1) is 0 Å². The zero-order valence-electron chi connectivity index (χ0n) is 10.3. The Morgan fingerprint density at radius 2 is 2.21 bits per heavy atom. The molecule has 1 heterocycles. The van der Waals surface area contributed by atoms with Crippen molar-refractivity contribution in [2.24, 2.45) is 0 Å². The second kappa shape index (κ2) is 5.67. The molecular weight excluding hydrogens is 266 g/mol. The van der Waals surface area contributed by atoms with E-state index in [0.717, 1.165) is 11.1 Å². The maximum Gasteiger partial charge on any atom is 0.329 e. The minimum atomic E-state index is -0.534. The zero-order chi connectivity index (χ0) is 13.8. The number of rotatable bonds is 4. The molecule has 0 spiro atoms. The summed E-state index contributed by atoms with van der Waals surface area (Å²) in [5, 5.41) is 14.0. The molecule has 1 N–H and O–H groups in total. The molecule has 2 aromatic rings. The molecule has 0 fully saturated rings. The lowest BCUT2D eigenvalue weighted by atomic mass is 10.1. The molecule has 0 atom stereocenters. The summed E-state index contributed by atoms with van der Waals surface area (Å²) in [6.45, 7) is 2.44. The van der Waals surface area contributed by atoms with Gasteiger partial charge < -0.3 is 5.32 Å². The van der Waals surface area contributed by atoms with E-state index in [4.69, 9.17) is 11.6 Å². The van der Waals surface area contributed by atoms with Gasteiger partial charge >= 0.3 is 5.69 Å². The fourth-order valence-electron chi connectivity index (χ4n) is 1.74. The molecule has 0 bridgehead atoms. The molecule has 98 valence electrons. The predicted octanol–water partition coefficient (Wildman–Crippen LogP) is 3.56. The van der Waals surface area contributed by atoms with Crippen LogP contribution in [0.3, 0.4) is 0 Å². The van der Waals surface area contributed by atoms with Crippen molar-refractivity contribution in [1.29, 1.82) is 0 Å². The lowest BCUT2D eigenvalue weighted by Gasteiger charge is -2.07. The number of hydrogen-bond acceptors (Lipinski definition) is 4. The Kier molecular flexibility index (Phi) is 3.97. The van der Waals surface area contributed by atoms with Gasteiger partial charge in [-0.05, 0) is 18.6 Å². The van der Waals surface area contributed by atoms with Crippen molar-refractivity contribution in [3.63, 3.8) is 0 Å². The molecule has 6 heteroatoms. The molecular formula is C13H12ClN3O2. The van der Waals surface area contributed by atoms with Crippen LogP contribution in [0.1, 0.15) is 11.1 Å². The van der Waals surface area contributed by atoms with E-state index < -0.39 is 4.92 Å². The van der Waals surface area contributed by atoms with E-state index in [1.165, 1.54) is 12.3 Å². The maximum absolute atomic E-state index is 10.9. The number of benzene rings is 1. The summed E-state index contributed by atoms with van der Waals surface area (Å²) < 4.78 is 0. The van der Waals surface area contributed by atoms with Crippen molar-refractivity contribution in [2.75, 3.05) is 5.32 Å². The van der Waals surface area contributed by atoms with Gasteiger partial charge in [-0.2, -0.15) is 0 Å². The third-order valence-corrected chi connectivity index (χ3v) is 2.91. The molecule has 19 heavy (non-hydrogen) atoms. The summed E-state index contributed by atoms with van der Waals surface area (Å²) in [6, 6.07) is 9.27. The highest BCUT2D eigenvalue weighted by molar-refractivity contribution is 6.33. The minimum Gasteiger partial charge on any atom is -0.360 e. The maximum atomic E-state index is 10.9. The number of aromatic nitrogens is 1. The van der Waals surface area contributed by atoms with Gasteiger partial charge in [-0.1, -0.05) is 41.4 Å². The number of pyridine rings is 1. The number of anilines is 1. The monoisotopic (exact) mass is 277 g/mol. The zero-order valence-corrected chi connectivity index (χ0v) is 11.0. The van der Waals surface area contributed by atoms with E-state index in [9.17, 15) is 10.1 Å². The van der Waals surface area contributed by atoms with E-state index in [2.05, 4.69) is 10.3 Å². The molecule has 0 unspecified atom stereocenters. The first kappa shape index (κ1) is 13.3. The number of nitro groups is 1. The Labute approximate surface area is 115 Å². The summed E-state index contributed by atoms with van der Waals surface area (Å²) in [4.78, 5) is 14.4. The van der Waals surface area contributed by atoms with E-state index >= 15 is 0 Å². The number of nitrogens with zero attached hydrogens (tertiary/aromatic N) is 2. The van der Waals surface area contributed by atoms with E-state index in [-0.39, 0.29) is 16.5 Å². The van der Waals surface area contributed by atoms with Crippen LogP contribution in [-0.4, -0.2) is 9.91 Å². The van der Waals surface area contributed by atoms with E-state index in [1.54, 1.807) is 0 Å². The number of aryl methyl sites for hydroxylation is 1. The van der Waals surface area contributed by atoms with Crippen LogP contribution < -0.4 is 5.32 Å². The Balaban J connectivity index is 2.20. The molecule has 1 aromatic heterocycles. The SMILES string of the molecule is Cc1cccc(CNc2nccc(Cl)c2[N+](=O)[O-])c1. The lowest BCUT2D eigenvalue weighted by Crippen LogP contribution is -2.05. The van der Waals surface area contributed by atoms with Gasteiger partial charge in [0.1, 0.15) is 5.02 Å². The third kappa shape index (κ3) is 3.20. The molecule has 0 aliphatic rings. The summed E-state index contributed by atoms with van der Waals surface area (Å²) in [6.07, 6.45) is 1.44.